The molecule has 2 amide bonds. The molecule has 2 aliphatic rings. The Hall–Kier alpha value is -3.35. The molecule has 1 unspecified atom stereocenters. The smallest absolute Gasteiger partial charge is 0.408 e. The van der Waals surface area contributed by atoms with Gasteiger partial charge in [0, 0.05) is 19.0 Å². The van der Waals surface area contributed by atoms with Crippen LogP contribution in [-0.2, 0) is 14.3 Å². The van der Waals surface area contributed by atoms with Crippen molar-refractivity contribution in [3.63, 3.8) is 0 Å². The van der Waals surface area contributed by atoms with Gasteiger partial charge in [0.25, 0.3) is 0 Å². The Balaban J connectivity index is 1.40. The summed E-state index contributed by atoms with van der Waals surface area (Å²) < 4.78 is 5.55. The summed E-state index contributed by atoms with van der Waals surface area (Å²) in [6.45, 7) is 5.47. The fourth-order valence-electron chi connectivity index (χ4n) is 4.65. The molecule has 0 aromatic heterocycles. The van der Waals surface area contributed by atoms with Gasteiger partial charge in [-0.3, -0.25) is 9.59 Å². The second-order valence-electron chi connectivity index (χ2n) is 9.42. The monoisotopic (exact) mass is 436 g/mol. The fraction of sp³-hybridized carbons (Fsp3) is 0.400. The molecule has 0 spiro atoms. The molecule has 1 saturated heterocycles. The molecule has 168 valence electrons. The molecule has 2 aromatic carbocycles. The third kappa shape index (κ3) is 3.83. The normalized spacial score (nSPS) is 19.9. The summed E-state index contributed by atoms with van der Waals surface area (Å²) in [5.74, 6) is -1.31. The van der Waals surface area contributed by atoms with E-state index in [1.54, 1.807) is 20.8 Å². The number of carbonyl (C=O) groups excluding carboxylic acids is 2. The molecule has 2 aromatic rings. The van der Waals surface area contributed by atoms with E-state index in [2.05, 4.69) is 17.4 Å². The topological polar surface area (TPSA) is 95.9 Å². The number of hydrogen-bond donors (Lipinski definition) is 2. The number of alkyl carbamates (subject to hydrolysis) is 1. The lowest BCUT2D eigenvalue weighted by molar-refractivity contribution is -0.147. The summed E-state index contributed by atoms with van der Waals surface area (Å²) in [5.41, 5.74) is 2.33. The minimum atomic E-state index is -1.22. The summed E-state index contributed by atoms with van der Waals surface area (Å²) in [7, 11) is 0. The van der Waals surface area contributed by atoms with Crippen LogP contribution in [0.5, 0.6) is 0 Å². The molecule has 7 nitrogen and oxygen atoms in total. The Bertz CT molecular complexity index is 1030. The molecule has 1 aliphatic carbocycles. The van der Waals surface area contributed by atoms with Crippen molar-refractivity contribution >= 4 is 18.0 Å². The van der Waals surface area contributed by atoms with Crippen molar-refractivity contribution in [2.24, 2.45) is 5.41 Å². The zero-order chi connectivity index (χ0) is 23.1. The quantitative estimate of drug-likeness (QED) is 0.746. The first-order valence-electron chi connectivity index (χ1n) is 10.8. The maximum atomic E-state index is 13.0. The van der Waals surface area contributed by atoms with Gasteiger partial charge in [-0.2, -0.15) is 0 Å². The second kappa shape index (κ2) is 7.97. The van der Waals surface area contributed by atoms with Crippen molar-refractivity contribution in [2.45, 2.75) is 38.6 Å². The number of hydrogen-bond acceptors (Lipinski definition) is 4. The second-order valence-corrected chi connectivity index (χ2v) is 9.42. The number of aliphatic carboxylic acids is 1. The molecule has 4 rings (SSSR count). The van der Waals surface area contributed by atoms with E-state index in [4.69, 9.17) is 4.74 Å². The van der Waals surface area contributed by atoms with Gasteiger partial charge in [-0.1, -0.05) is 48.5 Å². The first-order valence-corrected chi connectivity index (χ1v) is 10.8. The molecule has 1 aliphatic heterocycles. The highest BCUT2D eigenvalue weighted by atomic mass is 16.5. The summed E-state index contributed by atoms with van der Waals surface area (Å²) in [5, 5.41) is 12.1. The van der Waals surface area contributed by atoms with Gasteiger partial charge in [0.05, 0.1) is 5.41 Å². The van der Waals surface area contributed by atoms with E-state index in [1.165, 1.54) is 4.90 Å². The third-order valence-corrected chi connectivity index (χ3v) is 6.57. The van der Waals surface area contributed by atoms with Gasteiger partial charge >= 0.3 is 12.1 Å². The van der Waals surface area contributed by atoms with Crippen molar-refractivity contribution in [3.05, 3.63) is 59.7 Å². The molecule has 2 N–H and O–H groups in total. The molecular weight excluding hydrogens is 408 g/mol. The Morgan fingerprint density at radius 1 is 1.09 bits per heavy atom. The maximum absolute atomic E-state index is 13.0. The van der Waals surface area contributed by atoms with Gasteiger partial charge in [0.2, 0.25) is 5.91 Å². The van der Waals surface area contributed by atoms with E-state index >= 15 is 0 Å². The van der Waals surface area contributed by atoms with Crippen LogP contribution >= 0.6 is 0 Å². The van der Waals surface area contributed by atoms with Crippen molar-refractivity contribution in [2.75, 3.05) is 19.7 Å². The number of carboxylic acids is 1. The van der Waals surface area contributed by atoms with Crippen LogP contribution in [0.15, 0.2) is 48.5 Å². The lowest BCUT2D eigenvalue weighted by atomic mass is 9.90. The Morgan fingerprint density at radius 2 is 1.66 bits per heavy atom. The van der Waals surface area contributed by atoms with Gasteiger partial charge in [-0.05, 0) is 49.4 Å². The number of nitrogens with one attached hydrogen (secondary N) is 1. The zero-order valence-electron chi connectivity index (χ0n) is 18.6. The molecule has 1 atom stereocenters. The number of nitrogens with zero attached hydrogens (tertiary/aromatic N) is 1. The first-order chi connectivity index (χ1) is 15.1. The predicted molar refractivity (Wildman–Crippen MR) is 119 cm³/mol. The minimum Gasteiger partial charge on any atom is -0.481 e. The highest BCUT2D eigenvalue weighted by molar-refractivity contribution is 5.90. The van der Waals surface area contributed by atoms with Crippen molar-refractivity contribution in [3.8, 4) is 11.1 Å². The molecule has 1 heterocycles. The van der Waals surface area contributed by atoms with Crippen LogP contribution in [0, 0.1) is 5.41 Å². The van der Waals surface area contributed by atoms with Gasteiger partial charge in [-0.15, -0.1) is 0 Å². The maximum Gasteiger partial charge on any atom is 0.408 e. The van der Waals surface area contributed by atoms with Crippen molar-refractivity contribution < 1.29 is 24.2 Å². The van der Waals surface area contributed by atoms with Crippen LogP contribution < -0.4 is 5.32 Å². The number of carboxylic acid groups (broad SMARTS) is 1. The number of ether oxygens (including phenoxy) is 1. The van der Waals surface area contributed by atoms with Crippen molar-refractivity contribution in [1.82, 2.24) is 10.2 Å². The lowest BCUT2D eigenvalue weighted by Gasteiger charge is -2.30. The van der Waals surface area contributed by atoms with Gasteiger partial charge in [0.1, 0.15) is 12.1 Å². The molecular formula is C25H28N2O5. The van der Waals surface area contributed by atoms with E-state index in [0.29, 0.717) is 13.0 Å². The number of carbonyl (C=O) groups is 3. The number of likely N-dealkylation sites (tertiary alicyclic amines) is 1. The Kier molecular flexibility index (Phi) is 5.44. The summed E-state index contributed by atoms with van der Waals surface area (Å²) in [6.07, 6.45) is -0.292. The highest BCUT2D eigenvalue weighted by Crippen LogP contribution is 2.44. The van der Waals surface area contributed by atoms with Crippen LogP contribution in [0.2, 0.25) is 0 Å². The lowest BCUT2D eigenvalue weighted by Crippen LogP contribution is -2.56. The SMILES string of the molecule is CC1(C(=O)O)CCN(C(=O)C(C)(C)NC(=O)OCC2c3ccccc3-c3ccccc32)C1. The predicted octanol–water partition coefficient (Wildman–Crippen LogP) is 3.63. The average Bonchev–Trinajstić information content (AvgIpc) is 3.31. The van der Waals surface area contributed by atoms with Gasteiger partial charge in [-0.25, -0.2) is 4.79 Å². The average molecular weight is 437 g/mol. The summed E-state index contributed by atoms with van der Waals surface area (Å²) in [6, 6.07) is 16.2. The standard InChI is InChI=1S/C25H28N2O5/c1-24(2,21(28)27-13-12-25(3,15-27)22(29)30)26-23(31)32-14-20-18-10-6-4-8-16(18)17-9-5-7-11-19(17)20/h4-11,20H,12-15H2,1-3H3,(H,26,31)(H,29,30). The Morgan fingerprint density at radius 3 is 2.19 bits per heavy atom. The highest BCUT2D eigenvalue weighted by Gasteiger charge is 2.45. The fourth-order valence-corrected chi connectivity index (χ4v) is 4.65. The molecule has 1 fully saturated rings. The first kappa shape index (κ1) is 21.9. The van der Waals surface area contributed by atoms with E-state index in [1.807, 2.05) is 36.4 Å². The molecule has 0 bridgehead atoms. The number of benzene rings is 2. The number of amides is 2. The van der Waals surface area contributed by atoms with Gasteiger partial charge < -0.3 is 20.1 Å². The van der Waals surface area contributed by atoms with Gasteiger partial charge in [0.15, 0.2) is 0 Å². The molecule has 32 heavy (non-hydrogen) atoms. The molecule has 7 heteroatoms. The van der Waals surface area contributed by atoms with E-state index in [-0.39, 0.29) is 25.0 Å². The molecule has 0 saturated carbocycles. The minimum absolute atomic E-state index is 0.0678. The van der Waals surface area contributed by atoms with E-state index < -0.39 is 23.0 Å². The summed E-state index contributed by atoms with van der Waals surface area (Å²) >= 11 is 0. The molecule has 0 radical (unpaired) electrons. The van der Waals surface area contributed by atoms with Crippen LogP contribution in [-0.4, -0.2) is 53.2 Å². The van der Waals surface area contributed by atoms with E-state index in [9.17, 15) is 19.5 Å². The third-order valence-electron chi connectivity index (χ3n) is 6.57. The van der Waals surface area contributed by atoms with E-state index in [0.717, 1.165) is 22.3 Å². The van der Waals surface area contributed by atoms with Crippen molar-refractivity contribution in [1.29, 1.82) is 0 Å². The largest absolute Gasteiger partial charge is 0.481 e. The van der Waals surface area contributed by atoms with Crippen LogP contribution in [0.3, 0.4) is 0 Å². The summed E-state index contributed by atoms with van der Waals surface area (Å²) in [4.78, 5) is 38.5. The zero-order valence-corrected chi connectivity index (χ0v) is 18.6. The van der Waals surface area contributed by atoms with Crippen LogP contribution in [0.25, 0.3) is 11.1 Å². The number of fused-ring (bicyclic) bond motifs is 3. The van der Waals surface area contributed by atoms with Crippen LogP contribution in [0.1, 0.15) is 44.2 Å². The number of rotatable bonds is 5. The van der Waals surface area contributed by atoms with Crippen LogP contribution in [0.4, 0.5) is 4.79 Å². The Labute approximate surface area is 187 Å².